The lowest BCUT2D eigenvalue weighted by atomic mass is 10.1. The van der Waals surface area contributed by atoms with Gasteiger partial charge in [0, 0.05) is 50.2 Å². The average molecular weight is 377 g/mol. The van der Waals surface area contributed by atoms with Crippen LogP contribution in [0.4, 0.5) is 0 Å². The third-order valence-corrected chi connectivity index (χ3v) is 5.68. The van der Waals surface area contributed by atoms with Gasteiger partial charge in [0.15, 0.2) is 11.5 Å². The highest BCUT2D eigenvalue weighted by molar-refractivity contribution is 7.09. The topological polar surface area (TPSA) is 56.2 Å². The number of benzene rings is 1. The van der Waals surface area contributed by atoms with Gasteiger partial charge >= 0.3 is 0 Å². The van der Waals surface area contributed by atoms with Crippen molar-refractivity contribution in [3.05, 3.63) is 46.2 Å². The van der Waals surface area contributed by atoms with Crippen molar-refractivity contribution in [3.8, 4) is 11.5 Å². The van der Waals surface area contributed by atoms with E-state index < -0.39 is 0 Å². The normalized spacial score (nSPS) is 18.9. The number of hydrogen-bond acceptors (Lipinski definition) is 6. The van der Waals surface area contributed by atoms with Crippen LogP contribution in [-0.2, 0) is 13.1 Å². The molecule has 0 radical (unpaired) electrons. The number of aromatic hydroxyl groups is 1. The van der Waals surface area contributed by atoms with Crippen LogP contribution >= 0.6 is 11.3 Å². The van der Waals surface area contributed by atoms with Crippen molar-refractivity contribution in [1.82, 2.24) is 9.80 Å². The molecule has 2 aromatic rings. The van der Waals surface area contributed by atoms with Crippen molar-refractivity contribution >= 4 is 11.3 Å². The zero-order valence-corrected chi connectivity index (χ0v) is 16.1. The maximum Gasteiger partial charge on any atom is 0.161 e. The summed E-state index contributed by atoms with van der Waals surface area (Å²) in [6.07, 6.45) is 0.793. The largest absolute Gasteiger partial charge is 0.504 e. The fourth-order valence-electron chi connectivity index (χ4n) is 3.52. The van der Waals surface area contributed by atoms with Gasteiger partial charge in [0.25, 0.3) is 0 Å². The molecule has 0 unspecified atom stereocenters. The molecule has 1 fully saturated rings. The Kier molecular flexibility index (Phi) is 6.91. The summed E-state index contributed by atoms with van der Waals surface area (Å²) in [6.45, 7) is 7.40. The SMILES string of the molecule is CCOc1cc(CN2CCN(Cc3cccs3)[C@@H](CCO)C2)ccc1O. The van der Waals surface area contributed by atoms with Gasteiger partial charge in [-0.1, -0.05) is 12.1 Å². The van der Waals surface area contributed by atoms with Crippen LogP contribution in [0.15, 0.2) is 35.7 Å². The van der Waals surface area contributed by atoms with Gasteiger partial charge in [-0.3, -0.25) is 9.80 Å². The molecule has 142 valence electrons. The summed E-state index contributed by atoms with van der Waals surface area (Å²) < 4.78 is 5.49. The van der Waals surface area contributed by atoms with Gasteiger partial charge in [-0.2, -0.15) is 0 Å². The second kappa shape index (κ2) is 9.37. The molecule has 0 aliphatic carbocycles. The first-order valence-corrected chi connectivity index (χ1v) is 10.1. The Hall–Kier alpha value is -1.60. The minimum atomic E-state index is 0.189. The predicted molar refractivity (Wildman–Crippen MR) is 105 cm³/mol. The highest BCUT2D eigenvalue weighted by atomic mass is 32.1. The highest BCUT2D eigenvalue weighted by Crippen LogP contribution is 2.28. The minimum absolute atomic E-state index is 0.189. The fraction of sp³-hybridized carbons (Fsp3) is 0.500. The summed E-state index contributed by atoms with van der Waals surface area (Å²) >= 11 is 1.79. The molecule has 26 heavy (non-hydrogen) atoms. The number of aliphatic hydroxyl groups excluding tert-OH is 1. The maximum absolute atomic E-state index is 9.87. The number of phenols is 1. The van der Waals surface area contributed by atoms with E-state index in [0.29, 0.717) is 18.4 Å². The number of hydrogen-bond donors (Lipinski definition) is 2. The molecule has 3 rings (SSSR count). The average Bonchev–Trinajstić information content (AvgIpc) is 3.14. The summed E-state index contributed by atoms with van der Waals surface area (Å²) in [5, 5.41) is 21.5. The van der Waals surface area contributed by atoms with Gasteiger partial charge in [0.05, 0.1) is 6.61 Å². The van der Waals surface area contributed by atoms with Gasteiger partial charge in [0.2, 0.25) is 0 Å². The van der Waals surface area contributed by atoms with Crippen LogP contribution in [0.5, 0.6) is 11.5 Å². The zero-order chi connectivity index (χ0) is 18.4. The van der Waals surface area contributed by atoms with Gasteiger partial charge < -0.3 is 14.9 Å². The van der Waals surface area contributed by atoms with Gasteiger partial charge in [0.1, 0.15) is 0 Å². The molecule has 2 N–H and O–H groups in total. The molecule has 1 aromatic carbocycles. The van der Waals surface area contributed by atoms with Crippen LogP contribution in [0, 0.1) is 0 Å². The van der Waals surface area contributed by atoms with E-state index in [1.54, 1.807) is 17.4 Å². The molecule has 5 nitrogen and oxygen atoms in total. The van der Waals surface area contributed by atoms with Crippen molar-refractivity contribution in [3.63, 3.8) is 0 Å². The summed E-state index contributed by atoms with van der Waals surface area (Å²) in [6, 6.07) is 10.2. The molecule has 1 aromatic heterocycles. The van der Waals surface area contributed by atoms with E-state index in [4.69, 9.17) is 4.74 Å². The van der Waals surface area contributed by atoms with E-state index in [0.717, 1.165) is 44.7 Å². The molecule has 6 heteroatoms. The Bertz CT molecular complexity index is 678. The van der Waals surface area contributed by atoms with Crippen molar-refractivity contribution in [2.75, 3.05) is 32.8 Å². The monoisotopic (exact) mass is 376 g/mol. The van der Waals surface area contributed by atoms with E-state index in [1.807, 2.05) is 19.1 Å². The minimum Gasteiger partial charge on any atom is -0.504 e. The first-order valence-electron chi connectivity index (χ1n) is 9.24. The second-order valence-electron chi connectivity index (χ2n) is 6.69. The molecule has 0 amide bonds. The van der Waals surface area contributed by atoms with Crippen molar-refractivity contribution in [1.29, 1.82) is 0 Å². The summed E-state index contributed by atoms with van der Waals surface area (Å²) in [5.41, 5.74) is 1.14. The molecule has 1 atom stereocenters. The number of nitrogens with zero attached hydrogens (tertiary/aromatic N) is 2. The first-order chi connectivity index (χ1) is 12.7. The Labute approximate surface area is 159 Å². The Morgan fingerprint density at radius 3 is 2.85 bits per heavy atom. The summed E-state index contributed by atoms with van der Waals surface area (Å²) in [5.74, 6) is 0.739. The number of thiophene rings is 1. The van der Waals surface area contributed by atoms with Crippen LogP contribution in [0.2, 0.25) is 0 Å². The van der Waals surface area contributed by atoms with Gasteiger partial charge in [-0.25, -0.2) is 0 Å². The van der Waals surface area contributed by atoms with Crippen LogP contribution in [0.25, 0.3) is 0 Å². The molecular weight excluding hydrogens is 348 g/mol. The summed E-state index contributed by atoms with van der Waals surface area (Å²) in [4.78, 5) is 6.29. The molecule has 1 saturated heterocycles. The molecule has 2 heterocycles. The number of aliphatic hydroxyl groups is 1. The molecule has 0 saturated carbocycles. The van der Waals surface area contributed by atoms with Crippen LogP contribution in [0.3, 0.4) is 0 Å². The van der Waals surface area contributed by atoms with E-state index in [2.05, 4.69) is 27.3 Å². The third kappa shape index (κ3) is 4.98. The van der Waals surface area contributed by atoms with Gasteiger partial charge in [-0.15, -0.1) is 11.3 Å². The smallest absolute Gasteiger partial charge is 0.161 e. The molecule has 1 aliphatic heterocycles. The van der Waals surface area contributed by atoms with E-state index in [9.17, 15) is 10.2 Å². The van der Waals surface area contributed by atoms with E-state index in [-0.39, 0.29) is 12.4 Å². The van der Waals surface area contributed by atoms with Crippen molar-refractivity contribution in [2.24, 2.45) is 0 Å². The van der Waals surface area contributed by atoms with Crippen molar-refractivity contribution < 1.29 is 14.9 Å². The lowest BCUT2D eigenvalue weighted by Crippen LogP contribution is -2.52. The number of ether oxygens (including phenoxy) is 1. The number of rotatable bonds is 8. The molecule has 1 aliphatic rings. The lowest BCUT2D eigenvalue weighted by molar-refractivity contribution is 0.0506. The van der Waals surface area contributed by atoms with Crippen LogP contribution in [-0.4, -0.2) is 58.9 Å². The Morgan fingerprint density at radius 1 is 1.23 bits per heavy atom. The van der Waals surface area contributed by atoms with Crippen LogP contribution in [0.1, 0.15) is 23.8 Å². The molecule has 0 bridgehead atoms. The molecular formula is C20H28N2O3S. The summed E-state index contributed by atoms with van der Waals surface area (Å²) in [7, 11) is 0. The fourth-order valence-corrected chi connectivity index (χ4v) is 4.25. The predicted octanol–water partition coefficient (Wildman–Crippen LogP) is 2.92. The van der Waals surface area contributed by atoms with E-state index >= 15 is 0 Å². The van der Waals surface area contributed by atoms with Gasteiger partial charge in [-0.05, 0) is 42.5 Å². The number of piperazine rings is 1. The standard InChI is InChI=1S/C20H28N2O3S/c1-2-25-20-12-16(5-6-19(20)24)13-21-8-9-22(17(14-21)7-10-23)15-18-4-3-11-26-18/h3-6,11-12,17,23-24H,2,7-10,13-15H2,1H3/t17-/m0/s1. The van der Waals surface area contributed by atoms with E-state index in [1.165, 1.54) is 4.88 Å². The zero-order valence-electron chi connectivity index (χ0n) is 15.3. The van der Waals surface area contributed by atoms with Crippen LogP contribution < -0.4 is 4.74 Å². The highest BCUT2D eigenvalue weighted by Gasteiger charge is 2.27. The van der Waals surface area contributed by atoms with Crippen molar-refractivity contribution in [2.45, 2.75) is 32.5 Å². The second-order valence-corrected chi connectivity index (χ2v) is 7.72. The Balaban J connectivity index is 1.62. The lowest BCUT2D eigenvalue weighted by Gasteiger charge is -2.41. The quantitative estimate of drug-likeness (QED) is 0.742. The maximum atomic E-state index is 9.87. The third-order valence-electron chi connectivity index (χ3n) is 4.82. The Morgan fingerprint density at radius 2 is 2.12 bits per heavy atom. The molecule has 0 spiro atoms. The number of phenolic OH excluding ortho intramolecular Hbond substituents is 1. The first kappa shape index (κ1) is 19.2.